The van der Waals surface area contributed by atoms with Gasteiger partial charge in [-0.1, -0.05) is 0 Å². The molecule has 1 aliphatic carbocycles. The molecule has 0 aromatic carbocycles. The van der Waals surface area contributed by atoms with E-state index in [9.17, 15) is 5.11 Å². The van der Waals surface area contributed by atoms with Gasteiger partial charge < -0.3 is 10.4 Å². The number of nitrogens with one attached hydrogen (secondary N) is 1. The van der Waals surface area contributed by atoms with Crippen molar-refractivity contribution < 1.29 is 5.11 Å². The van der Waals surface area contributed by atoms with Crippen molar-refractivity contribution in [3.8, 4) is 0 Å². The number of hydrogen-bond acceptors (Lipinski definition) is 3. The third kappa shape index (κ3) is 2.47. The van der Waals surface area contributed by atoms with Crippen LogP contribution in [0.25, 0.3) is 0 Å². The second-order valence-electron chi connectivity index (χ2n) is 5.01. The molecule has 0 atom stereocenters. The van der Waals surface area contributed by atoms with Crippen LogP contribution in [0.2, 0.25) is 0 Å². The van der Waals surface area contributed by atoms with Gasteiger partial charge in [-0.15, -0.1) is 0 Å². The largest absolute Gasteiger partial charge is 0.390 e. The molecule has 1 saturated carbocycles. The molecule has 0 unspecified atom stereocenters. The Morgan fingerprint density at radius 1 is 1.21 bits per heavy atom. The van der Waals surface area contributed by atoms with E-state index in [-0.39, 0.29) is 5.60 Å². The van der Waals surface area contributed by atoms with Gasteiger partial charge in [-0.2, -0.15) is 0 Å². The molecule has 0 radical (unpaired) electrons. The summed E-state index contributed by atoms with van der Waals surface area (Å²) in [7, 11) is 0. The van der Waals surface area contributed by atoms with E-state index < -0.39 is 0 Å². The molecule has 0 amide bonds. The summed E-state index contributed by atoms with van der Waals surface area (Å²) in [6.45, 7) is 6.61. The molecule has 2 aliphatic rings. The van der Waals surface area contributed by atoms with Gasteiger partial charge in [0.15, 0.2) is 0 Å². The number of piperazine rings is 1. The monoisotopic (exact) mass is 198 g/mol. The van der Waals surface area contributed by atoms with Crippen molar-refractivity contribution in [2.24, 2.45) is 0 Å². The van der Waals surface area contributed by atoms with Gasteiger partial charge in [-0.3, -0.25) is 4.90 Å². The SMILES string of the molecule is C[C@]1(O)CC[C@H](N2CCNCC2)CC1. The second kappa shape index (κ2) is 4.17. The number of hydrogen-bond donors (Lipinski definition) is 2. The maximum Gasteiger partial charge on any atom is 0.0621 e. The third-order valence-electron chi connectivity index (χ3n) is 3.70. The average molecular weight is 198 g/mol. The van der Waals surface area contributed by atoms with Gasteiger partial charge in [0, 0.05) is 32.2 Å². The first-order valence-corrected chi connectivity index (χ1v) is 5.84. The molecular weight excluding hydrogens is 176 g/mol. The highest BCUT2D eigenvalue weighted by Gasteiger charge is 2.31. The molecule has 3 nitrogen and oxygen atoms in total. The van der Waals surface area contributed by atoms with Gasteiger partial charge in [0.05, 0.1) is 5.60 Å². The molecule has 1 saturated heterocycles. The van der Waals surface area contributed by atoms with Gasteiger partial charge in [0.25, 0.3) is 0 Å². The fraction of sp³-hybridized carbons (Fsp3) is 1.00. The molecular formula is C11H22N2O. The second-order valence-corrected chi connectivity index (χ2v) is 5.01. The maximum absolute atomic E-state index is 9.86. The van der Waals surface area contributed by atoms with E-state index in [1.165, 1.54) is 25.9 Å². The molecule has 0 aromatic rings. The molecule has 2 rings (SSSR count). The van der Waals surface area contributed by atoms with Gasteiger partial charge in [-0.05, 0) is 32.6 Å². The third-order valence-corrected chi connectivity index (χ3v) is 3.70. The Hall–Kier alpha value is -0.120. The van der Waals surface area contributed by atoms with Crippen molar-refractivity contribution in [1.82, 2.24) is 10.2 Å². The van der Waals surface area contributed by atoms with Crippen molar-refractivity contribution >= 4 is 0 Å². The minimum absolute atomic E-state index is 0.384. The van der Waals surface area contributed by atoms with Crippen molar-refractivity contribution in [2.45, 2.75) is 44.2 Å². The van der Waals surface area contributed by atoms with Gasteiger partial charge in [0.1, 0.15) is 0 Å². The zero-order chi connectivity index (χ0) is 10.0. The lowest BCUT2D eigenvalue weighted by molar-refractivity contribution is -0.00704. The molecule has 2 fully saturated rings. The minimum atomic E-state index is -0.384. The standard InChI is InChI=1S/C11H22N2O/c1-11(14)4-2-10(3-5-11)13-8-6-12-7-9-13/h10,12,14H,2-9H2,1H3/t10-,11-. The lowest BCUT2D eigenvalue weighted by atomic mass is 9.83. The van der Waals surface area contributed by atoms with Crippen LogP contribution in [-0.4, -0.2) is 47.8 Å². The quantitative estimate of drug-likeness (QED) is 0.647. The molecule has 0 spiro atoms. The van der Waals surface area contributed by atoms with E-state index in [0.29, 0.717) is 0 Å². The van der Waals surface area contributed by atoms with Crippen molar-refractivity contribution in [2.75, 3.05) is 26.2 Å². The highest BCUT2D eigenvalue weighted by molar-refractivity contribution is 4.87. The first-order chi connectivity index (χ1) is 6.67. The van der Waals surface area contributed by atoms with Gasteiger partial charge in [0.2, 0.25) is 0 Å². The summed E-state index contributed by atoms with van der Waals surface area (Å²) in [4.78, 5) is 2.59. The molecule has 14 heavy (non-hydrogen) atoms. The fourth-order valence-corrected chi connectivity index (χ4v) is 2.64. The zero-order valence-electron chi connectivity index (χ0n) is 9.13. The highest BCUT2D eigenvalue weighted by Crippen LogP contribution is 2.30. The molecule has 82 valence electrons. The zero-order valence-corrected chi connectivity index (χ0v) is 9.13. The van der Waals surface area contributed by atoms with Gasteiger partial charge >= 0.3 is 0 Å². The van der Waals surface area contributed by atoms with E-state index in [0.717, 1.165) is 32.0 Å². The predicted octanol–water partition coefficient (Wildman–Crippen LogP) is 0.585. The van der Waals surface area contributed by atoms with E-state index in [1.54, 1.807) is 0 Å². The Bertz CT molecular complexity index is 178. The molecule has 2 N–H and O–H groups in total. The molecule has 3 heteroatoms. The molecule has 0 aromatic heterocycles. The lowest BCUT2D eigenvalue weighted by Crippen LogP contribution is -2.50. The van der Waals surface area contributed by atoms with Crippen LogP contribution in [0.5, 0.6) is 0 Å². The normalized spacial score (nSPS) is 41.1. The minimum Gasteiger partial charge on any atom is -0.390 e. The van der Waals surface area contributed by atoms with Crippen LogP contribution >= 0.6 is 0 Å². The summed E-state index contributed by atoms with van der Waals surface area (Å²) in [5.74, 6) is 0. The lowest BCUT2D eigenvalue weighted by Gasteiger charge is -2.41. The maximum atomic E-state index is 9.86. The van der Waals surface area contributed by atoms with Crippen LogP contribution in [0.3, 0.4) is 0 Å². The Morgan fingerprint density at radius 3 is 2.36 bits per heavy atom. The summed E-state index contributed by atoms with van der Waals surface area (Å²) in [5, 5.41) is 13.2. The van der Waals surface area contributed by atoms with E-state index in [2.05, 4.69) is 10.2 Å². The van der Waals surface area contributed by atoms with E-state index in [4.69, 9.17) is 0 Å². The highest BCUT2D eigenvalue weighted by atomic mass is 16.3. The summed E-state index contributed by atoms with van der Waals surface area (Å²) in [5.41, 5.74) is -0.384. The smallest absolute Gasteiger partial charge is 0.0621 e. The average Bonchev–Trinajstić information content (AvgIpc) is 2.19. The van der Waals surface area contributed by atoms with E-state index >= 15 is 0 Å². The van der Waals surface area contributed by atoms with Crippen LogP contribution in [0, 0.1) is 0 Å². The van der Waals surface area contributed by atoms with Crippen molar-refractivity contribution in [3.63, 3.8) is 0 Å². The van der Waals surface area contributed by atoms with Crippen LogP contribution in [0.4, 0.5) is 0 Å². The topological polar surface area (TPSA) is 35.5 Å². The number of rotatable bonds is 1. The Morgan fingerprint density at radius 2 is 1.79 bits per heavy atom. The molecule has 0 bridgehead atoms. The van der Waals surface area contributed by atoms with Crippen molar-refractivity contribution in [3.05, 3.63) is 0 Å². The fourth-order valence-electron chi connectivity index (χ4n) is 2.64. The number of aliphatic hydroxyl groups is 1. The Kier molecular flexibility index (Phi) is 3.10. The summed E-state index contributed by atoms with van der Waals surface area (Å²) >= 11 is 0. The summed E-state index contributed by atoms with van der Waals surface area (Å²) < 4.78 is 0. The van der Waals surface area contributed by atoms with Crippen LogP contribution in [0.1, 0.15) is 32.6 Å². The molecule has 1 aliphatic heterocycles. The first-order valence-electron chi connectivity index (χ1n) is 5.84. The summed E-state index contributed by atoms with van der Waals surface area (Å²) in [6, 6.07) is 0.734. The predicted molar refractivity (Wildman–Crippen MR) is 57.3 cm³/mol. The van der Waals surface area contributed by atoms with Gasteiger partial charge in [-0.25, -0.2) is 0 Å². The summed E-state index contributed by atoms with van der Waals surface area (Å²) in [6.07, 6.45) is 4.29. The molecule has 1 heterocycles. The first kappa shape index (κ1) is 10.4. The number of nitrogens with zero attached hydrogens (tertiary/aromatic N) is 1. The van der Waals surface area contributed by atoms with Crippen LogP contribution < -0.4 is 5.32 Å². The van der Waals surface area contributed by atoms with Crippen LogP contribution in [-0.2, 0) is 0 Å². The van der Waals surface area contributed by atoms with Crippen molar-refractivity contribution in [1.29, 1.82) is 0 Å². The van der Waals surface area contributed by atoms with Crippen LogP contribution in [0.15, 0.2) is 0 Å². The van der Waals surface area contributed by atoms with E-state index in [1.807, 2.05) is 6.92 Å². The Balaban J connectivity index is 1.82. The Labute approximate surface area is 86.5 Å².